The Morgan fingerprint density at radius 3 is 2.57 bits per heavy atom. The van der Waals surface area contributed by atoms with Crippen LogP contribution in [-0.2, 0) is 0 Å². The van der Waals surface area contributed by atoms with E-state index in [0.717, 1.165) is 16.7 Å². The van der Waals surface area contributed by atoms with Crippen LogP contribution in [0.2, 0.25) is 0 Å². The normalized spacial score (nSPS) is 10.6. The van der Waals surface area contributed by atoms with Gasteiger partial charge in [-0.25, -0.2) is 9.97 Å². The molecule has 0 aliphatic carbocycles. The lowest BCUT2D eigenvalue weighted by molar-refractivity contribution is 0.102. The van der Waals surface area contributed by atoms with Crippen molar-refractivity contribution in [2.75, 3.05) is 12.4 Å². The molecule has 2 N–H and O–H groups in total. The highest BCUT2D eigenvalue weighted by Gasteiger charge is 2.21. The van der Waals surface area contributed by atoms with Gasteiger partial charge in [-0.15, -0.1) is 16.2 Å². The molecule has 0 fully saturated rings. The Hall–Kier alpha value is -3.85. The molecule has 1 amide bonds. The van der Waals surface area contributed by atoms with E-state index in [1.807, 2.05) is 12.1 Å². The van der Waals surface area contributed by atoms with Crippen molar-refractivity contribution >= 4 is 28.1 Å². The number of hydrogen-bond donors (Lipinski definition) is 2. The second-order valence-electron chi connectivity index (χ2n) is 6.42. The van der Waals surface area contributed by atoms with Crippen LogP contribution in [0.4, 0.5) is 10.8 Å². The fourth-order valence-electron chi connectivity index (χ4n) is 2.98. The summed E-state index contributed by atoms with van der Waals surface area (Å²) in [5.74, 6) is 0.860. The molecular formula is C21H17N5O3S. The zero-order chi connectivity index (χ0) is 21.1. The van der Waals surface area contributed by atoms with Gasteiger partial charge in [0.15, 0.2) is 5.13 Å². The summed E-state index contributed by atoms with van der Waals surface area (Å²) in [7, 11) is 1.59. The Bertz CT molecular complexity index is 1200. The molecule has 4 aromatic rings. The zero-order valence-electron chi connectivity index (χ0n) is 16.2. The number of hydrogen-bond acceptors (Lipinski definition) is 7. The van der Waals surface area contributed by atoms with E-state index >= 15 is 0 Å². The van der Waals surface area contributed by atoms with Crippen LogP contribution in [0.5, 0.6) is 5.75 Å². The number of H-pyrrole nitrogens is 1. The van der Waals surface area contributed by atoms with Crippen molar-refractivity contribution in [2.24, 2.45) is 5.18 Å². The third-order valence-electron chi connectivity index (χ3n) is 4.52. The second kappa shape index (κ2) is 8.26. The third-order valence-corrected chi connectivity index (χ3v) is 5.20. The number of nitroso groups, excluding NO2 is 1. The van der Waals surface area contributed by atoms with Crippen LogP contribution in [0.25, 0.3) is 22.6 Å². The van der Waals surface area contributed by atoms with Crippen LogP contribution in [0.15, 0.2) is 59.2 Å². The van der Waals surface area contributed by atoms with E-state index in [-0.39, 0.29) is 5.91 Å². The maximum atomic E-state index is 12.9. The van der Waals surface area contributed by atoms with Crippen LogP contribution in [-0.4, -0.2) is 28.0 Å². The molecule has 150 valence electrons. The molecule has 0 atom stereocenters. The van der Waals surface area contributed by atoms with Crippen LogP contribution in [0.1, 0.15) is 16.1 Å². The van der Waals surface area contributed by atoms with E-state index in [1.54, 1.807) is 55.9 Å². The molecule has 0 aliphatic heterocycles. The van der Waals surface area contributed by atoms with Crippen molar-refractivity contribution < 1.29 is 9.53 Å². The van der Waals surface area contributed by atoms with Gasteiger partial charge < -0.3 is 9.72 Å². The van der Waals surface area contributed by atoms with E-state index in [0.29, 0.717) is 33.8 Å². The van der Waals surface area contributed by atoms with E-state index < -0.39 is 0 Å². The number of carbonyl (C=O) groups is 1. The number of aromatic nitrogens is 3. The largest absolute Gasteiger partial charge is 0.497 e. The Morgan fingerprint density at radius 2 is 1.93 bits per heavy atom. The highest BCUT2D eigenvalue weighted by atomic mass is 32.1. The SMILES string of the molecule is COc1ccc(-c2nc(-c3ccc(N=O)c(C)c3)[nH]c2C(=O)Nc2nccs2)cc1. The number of methoxy groups -OCH3 is 1. The quantitative estimate of drug-likeness (QED) is 0.419. The minimum absolute atomic E-state index is 0.306. The lowest BCUT2D eigenvalue weighted by Crippen LogP contribution is -2.13. The van der Waals surface area contributed by atoms with Gasteiger partial charge >= 0.3 is 0 Å². The van der Waals surface area contributed by atoms with Gasteiger partial charge in [-0.2, -0.15) is 0 Å². The summed E-state index contributed by atoms with van der Waals surface area (Å²) in [6.45, 7) is 1.80. The van der Waals surface area contributed by atoms with Crippen LogP contribution in [0, 0.1) is 11.8 Å². The number of aromatic amines is 1. The van der Waals surface area contributed by atoms with Crippen molar-refractivity contribution in [3.63, 3.8) is 0 Å². The molecule has 0 spiro atoms. The molecule has 2 heterocycles. The Labute approximate surface area is 176 Å². The minimum Gasteiger partial charge on any atom is -0.497 e. The number of rotatable bonds is 6. The van der Waals surface area contributed by atoms with Gasteiger partial charge in [0.2, 0.25) is 0 Å². The number of ether oxygens (including phenoxy) is 1. The maximum absolute atomic E-state index is 12.9. The molecule has 0 radical (unpaired) electrons. The smallest absolute Gasteiger partial charge is 0.276 e. The van der Waals surface area contributed by atoms with Gasteiger partial charge in [-0.3, -0.25) is 10.1 Å². The van der Waals surface area contributed by atoms with Crippen molar-refractivity contribution in [1.82, 2.24) is 15.0 Å². The number of nitrogens with zero attached hydrogens (tertiary/aromatic N) is 3. The van der Waals surface area contributed by atoms with Crippen molar-refractivity contribution in [3.8, 4) is 28.4 Å². The molecule has 0 unspecified atom stereocenters. The molecule has 0 aliphatic rings. The first-order valence-electron chi connectivity index (χ1n) is 8.98. The number of thiazole rings is 1. The van der Waals surface area contributed by atoms with E-state index in [1.165, 1.54) is 11.3 Å². The van der Waals surface area contributed by atoms with Gasteiger partial charge in [-0.05, 0) is 60.1 Å². The van der Waals surface area contributed by atoms with Gasteiger partial charge in [0.1, 0.15) is 28.6 Å². The lowest BCUT2D eigenvalue weighted by atomic mass is 10.1. The Kier molecular flexibility index (Phi) is 5.36. The monoisotopic (exact) mass is 419 g/mol. The molecular weight excluding hydrogens is 402 g/mol. The standard InChI is InChI=1S/C21H17N5O3S/c1-12-11-14(5-8-16(12)26-28)19-23-17(13-3-6-15(29-2)7-4-13)18(24-19)20(27)25-21-22-9-10-30-21/h3-11H,1-2H3,(H,23,24)(H,22,25,27). The maximum Gasteiger partial charge on any atom is 0.276 e. The first-order valence-corrected chi connectivity index (χ1v) is 9.86. The number of imidazole rings is 1. The minimum atomic E-state index is -0.350. The number of carbonyl (C=O) groups excluding carboxylic acids is 1. The molecule has 0 saturated heterocycles. The van der Waals surface area contributed by atoms with Crippen LogP contribution >= 0.6 is 11.3 Å². The van der Waals surface area contributed by atoms with E-state index in [2.05, 4.69) is 25.4 Å². The topological polar surface area (TPSA) is 109 Å². The summed E-state index contributed by atoms with van der Waals surface area (Å²) < 4.78 is 5.21. The predicted molar refractivity (Wildman–Crippen MR) is 116 cm³/mol. The van der Waals surface area contributed by atoms with Crippen LogP contribution in [0.3, 0.4) is 0 Å². The molecule has 4 rings (SSSR count). The van der Waals surface area contributed by atoms with Crippen LogP contribution < -0.4 is 10.1 Å². The second-order valence-corrected chi connectivity index (χ2v) is 7.32. The van der Waals surface area contributed by atoms with Crippen molar-refractivity contribution in [3.05, 3.63) is 70.2 Å². The van der Waals surface area contributed by atoms with Gasteiger partial charge in [0.25, 0.3) is 5.91 Å². The number of nitrogens with one attached hydrogen (secondary N) is 2. The third kappa shape index (κ3) is 3.83. The molecule has 9 heteroatoms. The number of aryl methyl sites for hydroxylation is 1. The fraction of sp³-hybridized carbons (Fsp3) is 0.0952. The summed E-state index contributed by atoms with van der Waals surface area (Å²) in [4.78, 5) is 35.7. The number of anilines is 1. The first-order chi connectivity index (χ1) is 14.6. The summed E-state index contributed by atoms with van der Waals surface area (Å²) in [6, 6.07) is 12.5. The number of benzene rings is 2. The highest BCUT2D eigenvalue weighted by molar-refractivity contribution is 7.13. The Balaban J connectivity index is 1.78. The molecule has 0 saturated carbocycles. The summed E-state index contributed by atoms with van der Waals surface area (Å²) >= 11 is 1.33. The highest BCUT2D eigenvalue weighted by Crippen LogP contribution is 2.30. The van der Waals surface area contributed by atoms with Gasteiger partial charge in [0, 0.05) is 22.7 Å². The molecule has 8 nitrogen and oxygen atoms in total. The summed E-state index contributed by atoms with van der Waals surface area (Å²) in [5.41, 5.74) is 3.38. The molecule has 30 heavy (non-hydrogen) atoms. The zero-order valence-corrected chi connectivity index (χ0v) is 17.0. The predicted octanol–water partition coefficient (Wildman–Crippen LogP) is 5.17. The van der Waals surface area contributed by atoms with Crippen molar-refractivity contribution in [1.29, 1.82) is 0 Å². The summed E-state index contributed by atoms with van der Waals surface area (Å²) in [6.07, 6.45) is 1.62. The average Bonchev–Trinajstić information content (AvgIpc) is 3.44. The molecule has 2 aromatic carbocycles. The van der Waals surface area contributed by atoms with Gasteiger partial charge in [-0.1, -0.05) is 0 Å². The Morgan fingerprint density at radius 1 is 1.17 bits per heavy atom. The van der Waals surface area contributed by atoms with E-state index in [4.69, 9.17) is 4.74 Å². The average molecular weight is 419 g/mol. The lowest BCUT2D eigenvalue weighted by Gasteiger charge is -2.04. The fourth-order valence-corrected chi connectivity index (χ4v) is 3.51. The molecule has 0 bridgehead atoms. The van der Waals surface area contributed by atoms with E-state index in [9.17, 15) is 9.70 Å². The first kappa shape index (κ1) is 19.5. The van der Waals surface area contributed by atoms with Gasteiger partial charge in [0.05, 0.1) is 7.11 Å². The van der Waals surface area contributed by atoms with Crippen molar-refractivity contribution in [2.45, 2.75) is 6.92 Å². The number of amides is 1. The molecule has 2 aromatic heterocycles. The summed E-state index contributed by atoms with van der Waals surface area (Å²) in [5, 5.41) is 8.06.